The largest absolute Gasteiger partial charge is 0.477 e. The smallest absolute Gasteiger partial charge is 0.341 e. The molecule has 2 aliphatic rings. The maximum Gasteiger partial charge on any atom is 0.341 e. The molecule has 0 spiro atoms. The fraction of sp³-hybridized carbons (Fsp3) is 0.333. The lowest BCUT2D eigenvalue weighted by Gasteiger charge is -2.34. The van der Waals surface area contributed by atoms with E-state index in [0.717, 1.165) is 24.5 Å². The van der Waals surface area contributed by atoms with Crippen LogP contribution in [0.15, 0.2) is 23.1 Å². The number of H-pyrrole nitrogens is 1. The van der Waals surface area contributed by atoms with Crippen LogP contribution in [0.4, 0.5) is 11.4 Å². The fourth-order valence-corrected chi connectivity index (χ4v) is 3.39. The van der Waals surface area contributed by atoms with Gasteiger partial charge in [-0.1, -0.05) is 0 Å². The van der Waals surface area contributed by atoms with Gasteiger partial charge in [0.25, 0.3) is 0 Å². The average Bonchev–Trinajstić information content (AvgIpc) is 2.94. The van der Waals surface area contributed by atoms with Crippen LogP contribution in [0, 0.1) is 0 Å². The first-order valence-electron chi connectivity index (χ1n) is 7.08. The van der Waals surface area contributed by atoms with Crippen LogP contribution in [-0.4, -0.2) is 35.2 Å². The zero-order valence-corrected chi connectivity index (χ0v) is 11.3. The third kappa shape index (κ3) is 1.72. The van der Waals surface area contributed by atoms with Gasteiger partial charge in [0.1, 0.15) is 5.56 Å². The zero-order valence-electron chi connectivity index (χ0n) is 11.3. The fourth-order valence-electron chi connectivity index (χ4n) is 3.39. The van der Waals surface area contributed by atoms with Gasteiger partial charge in [-0.25, -0.2) is 4.79 Å². The Labute approximate surface area is 120 Å². The molecule has 6 heteroatoms. The number of aromatic carboxylic acids is 1. The van der Waals surface area contributed by atoms with Crippen LogP contribution < -0.4 is 15.6 Å². The van der Waals surface area contributed by atoms with Crippen molar-refractivity contribution in [2.24, 2.45) is 0 Å². The molecule has 2 aliphatic heterocycles. The van der Waals surface area contributed by atoms with Crippen molar-refractivity contribution in [3.8, 4) is 0 Å². The number of fused-ring (bicyclic) bond motifs is 4. The number of pyridine rings is 1. The summed E-state index contributed by atoms with van der Waals surface area (Å²) in [6.07, 6.45) is 3.63. The van der Waals surface area contributed by atoms with Crippen molar-refractivity contribution in [3.63, 3.8) is 0 Å². The molecule has 108 valence electrons. The van der Waals surface area contributed by atoms with Gasteiger partial charge in [0, 0.05) is 30.7 Å². The van der Waals surface area contributed by atoms with E-state index < -0.39 is 11.4 Å². The summed E-state index contributed by atoms with van der Waals surface area (Å²) in [6.45, 7) is 1.90. The van der Waals surface area contributed by atoms with Gasteiger partial charge < -0.3 is 20.3 Å². The zero-order chi connectivity index (χ0) is 14.6. The van der Waals surface area contributed by atoms with Gasteiger partial charge in [-0.2, -0.15) is 0 Å². The second-order valence-electron chi connectivity index (χ2n) is 5.62. The molecular formula is C15H15N3O3. The summed E-state index contributed by atoms with van der Waals surface area (Å²) in [5.74, 6) is -1.21. The number of benzene rings is 1. The van der Waals surface area contributed by atoms with E-state index in [2.05, 4.69) is 15.2 Å². The van der Waals surface area contributed by atoms with Gasteiger partial charge in [0.2, 0.25) is 5.43 Å². The lowest BCUT2D eigenvalue weighted by Crippen LogP contribution is -2.39. The van der Waals surface area contributed by atoms with E-state index in [1.54, 1.807) is 6.07 Å². The van der Waals surface area contributed by atoms with Crippen LogP contribution in [0.3, 0.4) is 0 Å². The van der Waals surface area contributed by atoms with Crippen molar-refractivity contribution in [2.45, 2.75) is 18.9 Å². The monoisotopic (exact) mass is 285 g/mol. The highest BCUT2D eigenvalue weighted by molar-refractivity contribution is 5.96. The highest BCUT2D eigenvalue weighted by atomic mass is 16.4. The summed E-state index contributed by atoms with van der Waals surface area (Å²) in [5.41, 5.74) is 2.02. The predicted molar refractivity (Wildman–Crippen MR) is 80.4 cm³/mol. The molecule has 0 saturated carbocycles. The van der Waals surface area contributed by atoms with E-state index in [9.17, 15) is 9.59 Å². The predicted octanol–water partition coefficient (Wildman–Crippen LogP) is 1.62. The molecule has 1 aromatic heterocycles. The van der Waals surface area contributed by atoms with Gasteiger partial charge >= 0.3 is 5.97 Å². The van der Waals surface area contributed by atoms with Crippen LogP contribution in [0.2, 0.25) is 0 Å². The van der Waals surface area contributed by atoms with E-state index in [4.69, 9.17) is 5.11 Å². The number of nitrogens with one attached hydrogen (secondary N) is 2. The highest BCUT2D eigenvalue weighted by Crippen LogP contribution is 2.37. The van der Waals surface area contributed by atoms with Crippen molar-refractivity contribution in [2.75, 3.05) is 23.3 Å². The van der Waals surface area contributed by atoms with Crippen molar-refractivity contribution in [1.82, 2.24) is 4.98 Å². The minimum Gasteiger partial charge on any atom is -0.477 e. The number of carboxylic acid groups (broad SMARTS) is 1. The number of carboxylic acids is 1. The van der Waals surface area contributed by atoms with Crippen LogP contribution >= 0.6 is 0 Å². The summed E-state index contributed by atoms with van der Waals surface area (Å²) < 4.78 is 0. The summed E-state index contributed by atoms with van der Waals surface area (Å²) in [7, 11) is 0. The van der Waals surface area contributed by atoms with Gasteiger partial charge in [-0.05, 0) is 25.0 Å². The summed E-state index contributed by atoms with van der Waals surface area (Å²) >= 11 is 0. The average molecular weight is 285 g/mol. The first-order chi connectivity index (χ1) is 10.1. The van der Waals surface area contributed by atoms with Gasteiger partial charge in [-0.3, -0.25) is 4.79 Å². The Hall–Kier alpha value is -2.50. The quantitative estimate of drug-likeness (QED) is 0.741. The number of carbonyl (C=O) groups is 1. The second-order valence-corrected chi connectivity index (χ2v) is 5.62. The minimum atomic E-state index is -1.21. The number of nitrogens with zero attached hydrogens (tertiary/aromatic N) is 1. The second kappa shape index (κ2) is 4.25. The standard InChI is InChI=1S/C15H15N3O3/c19-14-9-4-12-13(18-3-1-2-8(18)6-16-12)5-11(9)17-7-10(14)15(20)21/h4-5,7-8,16H,1-3,6H2,(H,17,19)(H,20,21). The summed E-state index contributed by atoms with van der Waals surface area (Å²) in [4.78, 5) is 28.6. The van der Waals surface area contributed by atoms with Gasteiger partial charge in [-0.15, -0.1) is 0 Å². The Morgan fingerprint density at radius 1 is 1.38 bits per heavy atom. The molecule has 3 N–H and O–H groups in total. The third-order valence-corrected chi connectivity index (χ3v) is 4.44. The van der Waals surface area contributed by atoms with Crippen LogP contribution in [-0.2, 0) is 0 Å². The molecule has 1 aromatic carbocycles. The Bertz CT molecular complexity index is 812. The van der Waals surface area contributed by atoms with E-state index in [1.807, 2.05) is 6.07 Å². The number of aromatic amines is 1. The lowest BCUT2D eigenvalue weighted by molar-refractivity contribution is 0.0695. The topological polar surface area (TPSA) is 85.4 Å². The maximum atomic E-state index is 12.2. The van der Waals surface area contributed by atoms with Gasteiger partial charge in [0.15, 0.2) is 0 Å². The van der Waals surface area contributed by atoms with E-state index in [0.29, 0.717) is 16.9 Å². The van der Waals surface area contributed by atoms with Crippen LogP contribution in [0.25, 0.3) is 10.9 Å². The number of hydrogen-bond donors (Lipinski definition) is 3. The molecule has 0 radical (unpaired) electrons. The molecule has 1 atom stereocenters. The van der Waals surface area contributed by atoms with E-state index in [-0.39, 0.29) is 5.56 Å². The van der Waals surface area contributed by atoms with E-state index >= 15 is 0 Å². The van der Waals surface area contributed by atoms with Crippen LogP contribution in [0.5, 0.6) is 0 Å². The van der Waals surface area contributed by atoms with Crippen molar-refractivity contribution in [1.29, 1.82) is 0 Å². The molecule has 4 rings (SSSR count). The molecule has 0 aliphatic carbocycles. The number of rotatable bonds is 1. The Kier molecular flexibility index (Phi) is 2.48. The molecule has 21 heavy (non-hydrogen) atoms. The Balaban J connectivity index is 1.95. The minimum absolute atomic E-state index is 0.225. The summed E-state index contributed by atoms with van der Waals surface area (Å²) in [6, 6.07) is 4.23. The molecule has 3 heterocycles. The molecule has 1 saturated heterocycles. The Morgan fingerprint density at radius 3 is 3.05 bits per heavy atom. The normalized spacial score (nSPS) is 20.0. The number of anilines is 2. The SMILES string of the molecule is O=C(O)c1c[nH]c2cc3c(cc2c1=O)NCC1CCCN31. The molecule has 6 nitrogen and oxygen atoms in total. The summed E-state index contributed by atoms with van der Waals surface area (Å²) in [5, 5.41) is 12.8. The Morgan fingerprint density at radius 2 is 2.24 bits per heavy atom. The molecule has 1 unspecified atom stereocenters. The molecular weight excluding hydrogens is 270 g/mol. The highest BCUT2D eigenvalue weighted by Gasteiger charge is 2.30. The number of hydrogen-bond acceptors (Lipinski definition) is 4. The van der Waals surface area contributed by atoms with Crippen molar-refractivity contribution < 1.29 is 9.90 Å². The third-order valence-electron chi connectivity index (χ3n) is 4.44. The molecule has 0 bridgehead atoms. The van der Waals surface area contributed by atoms with Crippen molar-refractivity contribution >= 4 is 28.2 Å². The van der Waals surface area contributed by atoms with Crippen LogP contribution in [0.1, 0.15) is 23.2 Å². The molecule has 1 fully saturated rings. The maximum absolute atomic E-state index is 12.2. The van der Waals surface area contributed by atoms with Crippen molar-refractivity contribution in [3.05, 3.63) is 34.1 Å². The lowest BCUT2D eigenvalue weighted by atomic mass is 10.1. The first kappa shape index (κ1) is 12.3. The number of aromatic nitrogens is 1. The molecule has 0 amide bonds. The van der Waals surface area contributed by atoms with E-state index in [1.165, 1.54) is 19.0 Å². The molecule has 2 aromatic rings. The first-order valence-corrected chi connectivity index (χ1v) is 7.08. The van der Waals surface area contributed by atoms with Gasteiger partial charge in [0.05, 0.1) is 16.9 Å².